The summed E-state index contributed by atoms with van der Waals surface area (Å²) < 4.78 is 10.3. The number of rotatable bonds is 4. The van der Waals surface area contributed by atoms with Crippen LogP contribution in [-0.4, -0.2) is 40.2 Å². The van der Waals surface area contributed by atoms with Crippen LogP contribution < -0.4 is 0 Å². The van der Waals surface area contributed by atoms with E-state index < -0.39 is 5.97 Å². The maximum absolute atomic E-state index is 10.4. The van der Waals surface area contributed by atoms with Crippen molar-refractivity contribution in [2.24, 2.45) is 0 Å². The van der Waals surface area contributed by atoms with Crippen LogP contribution in [0.15, 0.2) is 9.75 Å². The molecule has 88 valence electrons. The van der Waals surface area contributed by atoms with Gasteiger partial charge in [-0.15, -0.1) is 0 Å². The van der Waals surface area contributed by atoms with Crippen LogP contribution in [0, 0.1) is 0 Å². The molecule has 0 amide bonds. The number of aromatic nitrogens is 2. The fourth-order valence-corrected chi connectivity index (χ4v) is 2.01. The summed E-state index contributed by atoms with van der Waals surface area (Å²) in [5, 5.41) is 12.6. The first-order chi connectivity index (χ1) is 7.75. The van der Waals surface area contributed by atoms with Crippen LogP contribution in [0.2, 0.25) is 0 Å². The summed E-state index contributed by atoms with van der Waals surface area (Å²) in [7, 11) is 0. The molecular weight excluding hydrogens is 232 g/mol. The molecule has 7 heteroatoms. The summed E-state index contributed by atoms with van der Waals surface area (Å²) in [5.41, 5.74) is 0. The third-order valence-corrected chi connectivity index (χ3v) is 3.07. The van der Waals surface area contributed by atoms with Gasteiger partial charge < -0.3 is 14.4 Å². The molecule has 2 heterocycles. The molecule has 0 spiro atoms. The number of hydrogen-bond acceptors (Lipinski definition) is 6. The van der Waals surface area contributed by atoms with Crippen molar-refractivity contribution in [3.63, 3.8) is 0 Å². The monoisotopic (exact) mass is 244 g/mol. The number of hydrogen-bond donors (Lipinski definition) is 1. The summed E-state index contributed by atoms with van der Waals surface area (Å²) in [6, 6.07) is 0. The van der Waals surface area contributed by atoms with Gasteiger partial charge in [0.05, 0.1) is 6.61 Å². The van der Waals surface area contributed by atoms with Gasteiger partial charge in [0, 0.05) is 12.5 Å². The first kappa shape index (κ1) is 11.4. The fourth-order valence-electron chi connectivity index (χ4n) is 1.51. The standard InChI is InChI=1S/C9H12N2O4S/c12-7(13)5-16-9-10-8(11-15-9)6-2-1-3-14-4-6/h6H,1-5H2,(H,12,13). The fraction of sp³-hybridized carbons (Fsp3) is 0.667. The average Bonchev–Trinajstić information content (AvgIpc) is 2.76. The van der Waals surface area contributed by atoms with Gasteiger partial charge in [-0.25, -0.2) is 0 Å². The van der Waals surface area contributed by atoms with Crippen molar-refractivity contribution < 1.29 is 19.2 Å². The minimum Gasteiger partial charge on any atom is -0.481 e. The first-order valence-electron chi connectivity index (χ1n) is 5.01. The summed E-state index contributed by atoms with van der Waals surface area (Å²) >= 11 is 1.03. The van der Waals surface area contributed by atoms with E-state index in [4.69, 9.17) is 14.4 Å². The number of nitrogens with zero attached hydrogens (tertiary/aromatic N) is 2. The van der Waals surface area contributed by atoms with E-state index in [1.807, 2.05) is 0 Å². The zero-order valence-electron chi connectivity index (χ0n) is 8.59. The number of carboxylic acids is 1. The zero-order valence-corrected chi connectivity index (χ0v) is 9.40. The number of aliphatic carboxylic acids is 1. The van der Waals surface area contributed by atoms with Crippen molar-refractivity contribution in [1.29, 1.82) is 0 Å². The van der Waals surface area contributed by atoms with E-state index in [-0.39, 0.29) is 11.7 Å². The Morgan fingerprint density at radius 1 is 1.62 bits per heavy atom. The van der Waals surface area contributed by atoms with Crippen molar-refractivity contribution >= 4 is 17.7 Å². The minimum absolute atomic E-state index is 0.0667. The van der Waals surface area contributed by atoms with Crippen LogP contribution >= 0.6 is 11.8 Å². The summed E-state index contributed by atoms with van der Waals surface area (Å²) in [6.45, 7) is 1.40. The second-order valence-corrected chi connectivity index (χ2v) is 4.44. The highest BCUT2D eigenvalue weighted by molar-refractivity contribution is 7.99. The van der Waals surface area contributed by atoms with E-state index in [9.17, 15) is 4.79 Å². The van der Waals surface area contributed by atoms with Crippen molar-refractivity contribution in [3.05, 3.63) is 5.82 Å². The third-order valence-electron chi connectivity index (χ3n) is 2.27. The van der Waals surface area contributed by atoms with E-state index in [1.54, 1.807) is 0 Å². The van der Waals surface area contributed by atoms with Crippen LogP contribution in [0.3, 0.4) is 0 Å². The van der Waals surface area contributed by atoms with Crippen LogP contribution in [0.25, 0.3) is 0 Å². The van der Waals surface area contributed by atoms with Crippen molar-refractivity contribution in [3.8, 4) is 0 Å². The molecule has 0 bridgehead atoms. The van der Waals surface area contributed by atoms with Gasteiger partial charge >= 0.3 is 5.97 Å². The lowest BCUT2D eigenvalue weighted by Gasteiger charge is -2.18. The molecule has 0 radical (unpaired) electrons. The number of ether oxygens (including phenoxy) is 1. The molecule has 6 nitrogen and oxygen atoms in total. The van der Waals surface area contributed by atoms with Crippen LogP contribution in [0.5, 0.6) is 0 Å². The number of thioether (sulfide) groups is 1. The van der Waals surface area contributed by atoms with Gasteiger partial charge in [0.15, 0.2) is 5.82 Å². The largest absolute Gasteiger partial charge is 0.481 e. The van der Waals surface area contributed by atoms with E-state index >= 15 is 0 Å². The summed E-state index contributed by atoms with van der Waals surface area (Å²) in [5.74, 6) is -0.169. The van der Waals surface area contributed by atoms with E-state index in [0.29, 0.717) is 17.7 Å². The predicted molar refractivity (Wildman–Crippen MR) is 55.5 cm³/mol. The molecule has 0 aromatic carbocycles. The highest BCUT2D eigenvalue weighted by Crippen LogP contribution is 2.25. The third kappa shape index (κ3) is 2.96. The van der Waals surface area contributed by atoms with Gasteiger partial charge in [-0.1, -0.05) is 16.9 Å². The van der Waals surface area contributed by atoms with Gasteiger partial charge in [-0.3, -0.25) is 4.79 Å². The van der Waals surface area contributed by atoms with Crippen molar-refractivity contribution in [2.75, 3.05) is 19.0 Å². The molecule has 16 heavy (non-hydrogen) atoms. The van der Waals surface area contributed by atoms with Crippen molar-refractivity contribution in [2.45, 2.75) is 24.0 Å². The molecular formula is C9H12N2O4S. The minimum atomic E-state index is -0.897. The predicted octanol–water partition coefficient (Wildman–Crippen LogP) is 1.14. The lowest BCUT2D eigenvalue weighted by molar-refractivity contribution is -0.133. The molecule has 1 N–H and O–H groups in total. The molecule has 1 atom stereocenters. The summed E-state index contributed by atoms with van der Waals surface area (Å²) in [6.07, 6.45) is 1.99. The Bertz CT molecular complexity index is 362. The highest BCUT2D eigenvalue weighted by atomic mass is 32.2. The molecule has 2 rings (SSSR count). The van der Waals surface area contributed by atoms with Gasteiger partial charge in [-0.05, 0) is 12.8 Å². The molecule has 0 saturated carbocycles. The molecule has 1 saturated heterocycles. The van der Waals surface area contributed by atoms with Gasteiger partial charge in [0.25, 0.3) is 5.22 Å². The Kier molecular flexibility index (Phi) is 3.79. The van der Waals surface area contributed by atoms with E-state index in [0.717, 1.165) is 31.2 Å². The lowest BCUT2D eigenvalue weighted by Crippen LogP contribution is -2.16. The Hall–Kier alpha value is -1.08. The van der Waals surface area contributed by atoms with E-state index in [2.05, 4.69) is 10.1 Å². The quantitative estimate of drug-likeness (QED) is 0.795. The first-order valence-corrected chi connectivity index (χ1v) is 6.00. The maximum atomic E-state index is 10.4. The Labute approximate surface area is 96.4 Å². The molecule has 1 aliphatic heterocycles. The van der Waals surface area contributed by atoms with Crippen molar-refractivity contribution in [1.82, 2.24) is 10.1 Å². The molecule has 1 aromatic heterocycles. The number of carboxylic acid groups (broad SMARTS) is 1. The second-order valence-electron chi connectivity index (χ2n) is 3.51. The van der Waals surface area contributed by atoms with Gasteiger partial charge in [0.2, 0.25) is 0 Å². The molecule has 1 aliphatic rings. The van der Waals surface area contributed by atoms with E-state index in [1.165, 1.54) is 0 Å². The maximum Gasteiger partial charge on any atom is 0.314 e. The molecule has 1 aromatic rings. The van der Waals surface area contributed by atoms with Gasteiger partial charge in [0.1, 0.15) is 5.75 Å². The normalized spacial score (nSPS) is 20.9. The van der Waals surface area contributed by atoms with Crippen LogP contribution in [0.4, 0.5) is 0 Å². The topological polar surface area (TPSA) is 85.5 Å². The summed E-state index contributed by atoms with van der Waals surface area (Å²) in [4.78, 5) is 14.5. The molecule has 1 unspecified atom stereocenters. The SMILES string of the molecule is O=C(O)CSc1nc(C2CCCOC2)no1. The number of carbonyl (C=O) groups is 1. The zero-order chi connectivity index (χ0) is 11.4. The molecule has 1 fully saturated rings. The van der Waals surface area contributed by atoms with Gasteiger partial charge in [-0.2, -0.15) is 4.98 Å². The average molecular weight is 244 g/mol. The smallest absolute Gasteiger partial charge is 0.314 e. The molecule has 0 aliphatic carbocycles. The Morgan fingerprint density at radius 2 is 2.50 bits per heavy atom. The lowest BCUT2D eigenvalue weighted by atomic mass is 10.0. The van der Waals surface area contributed by atoms with Crippen LogP contribution in [-0.2, 0) is 9.53 Å². The second kappa shape index (κ2) is 5.31. The van der Waals surface area contributed by atoms with Crippen LogP contribution in [0.1, 0.15) is 24.6 Å². The Morgan fingerprint density at radius 3 is 3.19 bits per heavy atom. The Balaban J connectivity index is 1.93. The highest BCUT2D eigenvalue weighted by Gasteiger charge is 2.21.